The van der Waals surface area contributed by atoms with E-state index in [1.54, 1.807) is 53.5 Å². The van der Waals surface area contributed by atoms with Crippen molar-refractivity contribution in [1.29, 1.82) is 0 Å². The van der Waals surface area contributed by atoms with Gasteiger partial charge in [0.15, 0.2) is 5.78 Å². The highest BCUT2D eigenvalue weighted by atomic mass is 35.5. The Labute approximate surface area is 231 Å². The van der Waals surface area contributed by atoms with Crippen LogP contribution in [-0.2, 0) is 13.1 Å². The Morgan fingerprint density at radius 1 is 1.03 bits per heavy atom. The minimum absolute atomic E-state index is 0.0325. The number of aryl methyl sites for hydroxylation is 1. The normalized spacial score (nSPS) is 17.2. The number of aromatic nitrogens is 3. The molecule has 1 N–H and O–H groups in total. The molecule has 2 aromatic carbocycles. The van der Waals surface area contributed by atoms with Crippen molar-refractivity contribution >= 4 is 34.3 Å². The number of halogens is 1. The standard InChI is InChI=1S/C30H31ClN4O4/c1-19-25(15-22(31)16-32-19)29(37)33-23-11-7-20(8-12-23)17-34-26-5-3-4-6-27(26)35(30(34)38)18-28(36)21-9-13-24(39-2)14-10-21/h3-6,9-10,13-16,20,23H,7-8,11-12,17-18H2,1-2H3,(H,33,37). The monoisotopic (exact) mass is 546 g/mol. The van der Waals surface area contributed by atoms with Gasteiger partial charge in [0.25, 0.3) is 5.91 Å². The quantitative estimate of drug-likeness (QED) is 0.312. The number of rotatable bonds is 8. The molecule has 5 rings (SSSR count). The molecule has 2 aromatic heterocycles. The van der Waals surface area contributed by atoms with Gasteiger partial charge in [-0.1, -0.05) is 23.7 Å². The number of para-hydroxylation sites is 2. The van der Waals surface area contributed by atoms with Crippen LogP contribution in [0.1, 0.15) is 52.1 Å². The van der Waals surface area contributed by atoms with Gasteiger partial charge in [0, 0.05) is 24.3 Å². The summed E-state index contributed by atoms with van der Waals surface area (Å²) in [6.45, 7) is 2.33. The van der Waals surface area contributed by atoms with Crippen LogP contribution in [0.4, 0.5) is 0 Å². The van der Waals surface area contributed by atoms with Crippen molar-refractivity contribution < 1.29 is 14.3 Å². The maximum absolute atomic E-state index is 13.5. The Morgan fingerprint density at radius 2 is 1.69 bits per heavy atom. The number of ketones is 1. The van der Waals surface area contributed by atoms with E-state index in [1.165, 1.54) is 6.20 Å². The van der Waals surface area contributed by atoms with Crippen molar-refractivity contribution in [2.24, 2.45) is 5.92 Å². The number of hydrogen-bond acceptors (Lipinski definition) is 5. The van der Waals surface area contributed by atoms with Gasteiger partial charge in [-0.05, 0) is 81.0 Å². The Morgan fingerprint density at radius 3 is 2.36 bits per heavy atom. The fourth-order valence-electron chi connectivity index (χ4n) is 5.36. The van der Waals surface area contributed by atoms with Crippen LogP contribution in [0.5, 0.6) is 5.75 Å². The summed E-state index contributed by atoms with van der Waals surface area (Å²) in [6.07, 6.45) is 4.95. The summed E-state index contributed by atoms with van der Waals surface area (Å²) < 4.78 is 8.53. The van der Waals surface area contributed by atoms with Crippen LogP contribution in [0.3, 0.4) is 0 Å². The predicted octanol–water partition coefficient (Wildman–Crippen LogP) is 5.04. The number of nitrogens with zero attached hydrogens (tertiary/aromatic N) is 3. The van der Waals surface area contributed by atoms with Crippen molar-refractivity contribution in [2.75, 3.05) is 7.11 Å². The highest BCUT2D eigenvalue weighted by Gasteiger charge is 2.26. The van der Waals surface area contributed by atoms with Crippen LogP contribution in [0, 0.1) is 12.8 Å². The summed E-state index contributed by atoms with van der Waals surface area (Å²) in [4.78, 5) is 43.5. The number of imidazole rings is 1. The summed E-state index contributed by atoms with van der Waals surface area (Å²) >= 11 is 6.03. The van der Waals surface area contributed by atoms with Crippen LogP contribution in [0.2, 0.25) is 5.02 Å². The molecular weight excluding hydrogens is 516 g/mol. The topological polar surface area (TPSA) is 95.2 Å². The average molecular weight is 547 g/mol. The molecule has 202 valence electrons. The number of hydrogen-bond donors (Lipinski definition) is 1. The van der Waals surface area contributed by atoms with Crippen LogP contribution in [0.25, 0.3) is 11.0 Å². The van der Waals surface area contributed by atoms with Gasteiger partial charge < -0.3 is 10.1 Å². The fourth-order valence-corrected chi connectivity index (χ4v) is 5.52. The first-order valence-electron chi connectivity index (χ1n) is 13.1. The van der Waals surface area contributed by atoms with E-state index in [9.17, 15) is 14.4 Å². The zero-order valence-corrected chi connectivity index (χ0v) is 22.8. The van der Waals surface area contributed by atoms with E-state index in [1.807, 2.05) is 24.3 Å². The molecule has 1 aliphatic carbocycles. The Kier molecular flexibility index (Phi) is 7.84. The van der Waals surface area contributed by atoms with Crippen LogP contribution >= 0.6 is 11.6 Å². The number of nitrogens with one attached hydrogen (secondary N) is 1. The molecule has 9 heteroatoms. The first kappa shape index (κ1) is 26.7. The molecule has 1 amide bonds. The van der Waals surface area contributed by atoms with E-state index < -0.39 is 0 Å². The lowest BCUT2D eigenvalue weighted by Gasteiger charge is -2.29. The number of fused-ring (bicyclic) bond motifs is 1. The zero-order valence-electron chi connectivity index (χ0n) is 22.0. The SMILES string of the molecule is COc1ccc(C(=O)Cn2c(=O)n(CC3CCC(NC(=O)c4cc(Cl)cnc4C)CC3)c3ccccc32)cc1. The molecule has 0 spiro atoms. The van der Waals surface area contributed by atoms with E-state index in [0.717, 1.165) is 36.7 Å². The summed E-state index contributed by atoms with van der Waals surface area (Å²) in [7, 11) is 1.58. The van der Waals surface area contributed by atoms with Crippen molar-refractivity contribution in [2.45, 2.75) is 51.7 Å². The lowest BCUT2D eigenvalue weighted by atomic mass is 9.85. The number of benzene rings is 2. The van der Waals surface area contributed by atoms with E-state index in [0.29, 0.717) is 40.1 Å². The highest BCUT2D eigenvalue weighted by Crippen LogP contribution is 2.27. The molecule has 39 heavy (non-hydrogen) atoms. The lowest BCUT2D eigenvalue weighted by molar-refractivity contribution is 0.0917. The van der Waals surface area contributed by atoms with Gasteiger partial charge >= 0.3 is 5.69 Å². The molecule has 0 atom stereocenters. The van der Waals surface area contributed by atoms with E-state index in [-0.39, 0.29) is 30.0 Å². The van der Waals surface area contributed by atoms with Crippen molar-refractivity contribution in [3.8, 4) is 5.75 Å². The molecule has 2 heterocycles. The molecular formula is C30H31ClN4O4. The second kappa shape index (κ2) is 11.5. The van der Waals surface area contributed by atoms with Gasteiger partial charge in [0.1, 0.15) is 5.75 Å². The molecule has 8 nitrogen and oxygen atoms in total. The molecule has 0 bridgehead atoms. The summed E-state index contributed by atoms with van der Waals surface area (Å²) in [6, 6.07) is 16.2. The third kappa shape index (κ3) is 5.76. The smallest absolute Gasteiger partial charge is 0.329 e. The molecule has 0 aliphatic heterocycles. The Hall–Kier alpha value is -3.91. The first-order chi connectivity index (χ1) is 18.8. The first-order valence-corrected chi connectivity index (χ1v) is 13.5. The maximum atomic E-state index is 13.5. The van der Waals surface area contributed by atoms with Crippen molar-refractivity contribution in [3.63, 3.8) is 0 Å². The molecule has 1 aliphatic rings. The van der Waals surface area contributed by atoms with Crippen molar-refractivity contribution in [1.82, 2.24) is 19.4 Å². The van der Waals surface area contributed by atoms with Gasteiger partial charge in [0.05, 0.1) is 41.0 Å². The summed E-state index contributed by atoms with van der Waals surface area (Å²) in [5.41, 5.74) is 3.06. The Balaban J connectivity index is 1.27. The number of amides is 1. The van der Waals surface area contributed by atoms with Gasteiger partial charge in [0.2, 0.25) is 0 Å². The molecule has 0 radical (unpaired) electrons. The van der Waals surface area contributed by atoms with E-state index in [4.69, 9.17) is 16.3 Å². The second-order valence-corrected chi connectivity index (χ2v) is 10.5. The number of carbonyl (C=O) groups excluding carboxylic acids is 2. The van der Waals surface area contributed by atoms with E-state index in [2.05, 4.69) is 10.3 Å². The highest BCUT2D eigenvalue weighted by molar-refractivity contribution is 6.30. The van der Waals surface area contributed by atoms with Gasteiger partial charge in [-0.3, -0.25) is 23.7 Å². The number of ether oxygens (including phenoxy) is 1. The predicted molar refractivity (Wildman–Crippen MR) is 151 cm³/mol. The number of pyridine rings is 1. The van der Waals surface area contributed by atoms with Crippen LogP contribution in [-0.4, -0.2) is 39.0 Å². The van der Waals surface area contributed by atoms with Gasteiger partial charge in [-0.2, -0.15) is 0 Å². The fraction of sp³-hybridized carbons (Fsp3) is 0.333. The van der Waals surface area contributed by atoms with Crippen LogP contribution < -0.4 is 15.7 Å². The molecule has 1 fully saturated rings. The summed E-state index contributed by atoms with van der Waals surface area (Å²) in [5.74, 6) is 0.670. The van der Waals surface area contributed by atoms with Gasteiger partial charge in [-0.25, -0.2) is 4.79 Å². The molecule has 1 saturated carbocycles. The van der Waals surface area contributed by atoms with Crippen LogP contribution in [0.15, 0.2) is 65.6 Å². The minimum Gasteiger partial charge on any atom is -0.497 e. The Bertz CT molecular complexity index is 1570. The summed E-state index contributed by atoms with van der Waals surface area (Å²) in [5, 5.41) is 3.56. The maximum Gasteiger partial charge on any atom is 0.329 e. The lowest BCUT2D eigenvalue weighted by Crippen LogP contribution is -2.39. The number of Topliss-reactive ketones (excluding diaryl/α,β-unsaturated/α-hetero) is 1. The minimum atomic E-state index is -0.183. The van der Waals surface area contributed by atoms with Gasteiger partial charge in [-0.15, -0.1) is 0 Å². The molecule has 0 saturated heterocycles. The third-order valence-corrected chi connectivity index (χ3v) is 7.77. The second-order valence-electron chi connectivity index (χ2n) is 10.1. The number of carbonyl (C=O) groups is 2. The number of methoxy groups -OCH3 is 1. The third-order valence-electron chi connectivity index (χ3n) is 7.56. The largest absolute Gasteiger partial charge is 0.497 e. The molecule has 4 aromatic rings. The van der Waals surface area contributed by atoms with E-state index >= 15 is 0 Å². The zero-order chi connectivity index (χ0) is 27.5. The molecule has 0 unspecified atom stereocenters. The van der Waals surface area contributed by atoms with Crippen molar-refractivity contribution in [3.05, 3.63) is 93.1 Å². The average Bonchev–Trinajstić information content (AvgIpc) is 3.21.